The summed E-state index contributed by atoms with van der Waals surface area (Å²) in [6, 6.07) is 4.47. The van der Waals surface area contributed by atoms with Crippen LogP contribution >= 0.6 is 0 Å². The van der Waals surface area contributed by atoms with Crippen LogP contribution in [-0.2, 0) is 9.53 Å². The van der Waals surface area contributed by atoms with Crippen molar-refractivity contribution in [2.75, 3.05) is 38.4 Å². The Labute approximate surface area is 125 Å². The topological polar surface area (TPSA) is 67.6 Å². The zero-order valence-electron chi connectivity index (χ0n) is 12.9. The van der Waals surface area contributed by atoms with Gasteiger partial charge < -0.3 is 20.7 Å². The number of likely N-dealkylation sites (N-methyl/N-ethyl adjacent to an activating group) is 1. The number of benzene rings is 1. The molecule has 0 heterocycles. The van der Waals surface area contributed by atoms with Gasteiger partial charge in [0.1, 0.15) is 5.82 Å². The summed E-state index contributed by atoms with van der Waals surface area (Å²) in [7, 11) is 3.68. The van der Waals surface area contributed by atoms with Crippen LogP contribution in [0.4, 0.5) is 15.8 Å². The van der Waals surface area contributed by atoms with E-state index in [4.69, 9.17) is 10.5 Å². The van der Waals surface area contributed by atoms with E-state index in [-0.39, 0.29) is 11.6 Å². The second-order valence-corrected chi connectivity index (χ2v) is 5.17. The summed E-state index contributed by atoms with van der Waals surface area (Å²) in [5.41, 5.74) is 6.00. The summed E-state index contributed by atoms with van der Waals surface area (Å²) < 4.78 is 18.1. The smallest absolute Gasteiger partial charge is 0.224 e. The van der Waals surface area contributed by atoms with Gasteiger partial charge in [-0.25, -0.2) is 4.39 Å². The van der Waals surface area contributed by atoms with Crippen molar-refractivity contribution in [2.24, 2.45) is 0 Å². The first-order valence-electron chi connectivity index (χ1n) is 6.98. The highest BCUT2D eigenvalue weighted by Crippen LogP contribution is 2.16. The number of carbonyl (C=O) groups excluding carboxylic acids is 1. The van der Waals surface area contributed by atoms with Crippen LogP contribution in [0.2, 0.25) is 0 Å². The maximum absolute atomic E-state index is 13.0. The Morgan fingerprint density at radius 2 is 2.24 bits per heavy atom. The van der Waals surface area contributed by atoms with Gasteiger partial charge in [-0.05, 0) is 45.1 Å². The molecule has 0 spiro atoms. The average molecular weight is 297 g/mol. The Morgan fingerprint density at radius 3 is 2.86 bits per heavy atom. The fourth-order valence-electron chi connectivity index (χ4n) is 1.92. The number of nitrogens with two attached hydrogens (primary N) is 1. The molecule has 6 heteroatoms. The molecule has 5 nitrogen and oxygen atoms in total. The van der Waals surface area contributed by atoms with Crippen molar-refractivity contribution in [3.8, 4) is 0 Å². The zero-order valence-corrected chi connectivity index (χ0v) is 12.9. The number of methoxy groups -OCH3 is 1. The molecule has 0 bridgehead atoms. The van der Waals surface area contributed by atoms with Crippen molar-refractivity contribution in [1.29, 1.82) is 0 Å². The quantitative estimate of drug-likeness (QED) is 0.721. The fraction of sp³-hybridized carbons (Fsp3) is 0.533. The van der Waals surface area contributed by atoms with Crippen molar-refractivity contribution in [3.05, 3.63) is 24.0 Å². The number of rotatable bonds is 8. The first-order valence-corrected chi connectivity index (χ1v) is 6.98. The Kier molecular flexibility index (Phi) is 7.11. The van der Waals surface area contributed by atoms with Crippen LogP contribution in [0.3, 0.4) is 0 Å². The van der Waals surface area contributed by atoms with E-state index in [0.29, 0.717) is 24.8 Å². The molecule has 1 atom stereocenters. The van der Waals surface area contributed by atoms with Crippen LogP contribution in [0.25, 0.3) is 0 Å². The Morgan fingerprint density at radius 1 is 1.52 bits per heavy atom. The van der Waals surface area contributed by atoms with Gasteiger partial charge in [0.05, 0.1) is 12.3 Å². The van der Waals surface area contributed by atoms with Crippen molar-refractivity contribution >= 4 is 17.3 Å². The molecule has 0 saturated heterocycles. The van der Waals surface area contributed by atoms with Crippen LogP contribution in [0.1, 0.15) is 19.8 Å². The van der Waals surface area contributed by atoms with E-state index in [0.717, 1.165) is 13.0 Å². The summed E-state index contributed by atoms with van der Waals surface area (Å²) in [4.78, 5) is 13.9. The summed E-state index contributed by atoms with van der Waals surface area (Å²) in [5.74, 6) is -0.587. The Bertz CT molecular complexity index is 468. The minimum atomic E-state index is -0.484. The van der Waals surface area contributed by atoms with E-state index in [1.807, 2.05) is 7.05 Å². The van der Waals surface area contributed by atoms with Crippen LogP contribution in [-0.4, -0.2) is 44.2 Å². The molecule has 118 valence electrons. The van der Waals surface area contributed by atoms with Gasteiger partial charge >= 0.3 is 0 Å². The number of ether oxygens (including phenoxy) is 1. The molecule has 1 amide bonds. The minimum absolute atomic E-state index is 0.0286. The van der Waals surface area contributed by atoms with Crippen LogP contribution < -0.4 is 11.1 Å². The number of halogens is 1. The molecule has 1 unspecified atom stereocenters. The third kappa shape index (κ3) is 6.10. The highest BCUT2D eigenvalue weighted by molar-refractivity contribution is 5.91. The lowest BCUT2D eigenvalue weighted by molar-refractivity contribution is -0.116. The summed E-state index contributed by atoms with van der Waals surface area (Å²) >= 11 is 0. The van der Waals surface area contributed by atoms with E-state index in [1.165, 1.54) is 18.2 Å². The first-order chi connectivity index (χ1) is 9.93. The van der Waals surface area contributed by atoms with Crippen molar-refractivity contribution < 1.29 is 13.9 Å². The standard InChI is InChI=1S/C15H24FN3O2/c1-11(10-21-3)19(2)8-4-5-15(20)18-12-6-7-13(16)14(17)9-12/h6-7,9,11H,4-5,8,10,17H2,1-3H3,(H,18,20). The number of nitrogens with one attached hydrogen (secondary N) is 1. The average Bonchev–Trinajstić information content (AvgIpc) is 2.43. The molecular weight excluding hydrogens is 273 g/mol. The Hall–Kier alpha value is -1.66. The van der Waals surface area contributed by atoms with Crippen molar-refractivity contribution in [2.45, 2.75) is 25.8 Å². The lowest BCUT2D eigenvalue weighted by atomic mass is 10.2. The number of hydrogen-bond acceptors (Lipinski definition) is 4. The van der Waals surface area contributed by atoms with Crippen molar-refractivity contribution in [3.63, 3.8) is 0 Å². The molecule has 0 aliphatic rings. The van der Waals surface area contributed by atoms with Gasteiger partial charge in [-0.2, -0.15) is 0 Å². The third-order valence-electron chi connectivity index (χ3n) is 3.35. The Balaban J connectivity index is 2.32. The molecule has 1 aromatic carbocycles. The van der Waals surface area contributed by atoms with Gasteiger partial charge in [0.2, 0.25) is 5.91 Å². The van der Waals surface area contributed by atoms with Crippen molar-refractivity contribution in [1.82, 2.24) is 4.90 Å². The molecule has 0 aliphatic heterocycles. The molecule has 0 radical (unpaired) electrons. The predicted octanol–water partition coefficient (Wildman–Crippen LogP) is 2.09. The normalized spacial score (nSPS) is 12.4. The number of carbonyl (C=O) groups is 1. The molecule has 1 aromatic rings. The molecule has 0 fully saturated rings. The van der Waals surface area contributed by atoms with Gasteiger partial charge in [-0.3, -0.25) is 4.79 Å². The molecular formula is C15H24FN3O2. The maximum Gasteiger partial charge on any atom is 0.224 e. The summed E-state index contributed by atoms with van der Waals surface area (Å²) in [5, 5.41) is 2.71. The maximum atomic E-state index is 13.0. The molecule has 3 N–H and O–H groups in total. The first kappa shape index (κ1) is 17.4. The lowest BCUT2D eigenvalue weighted by Gasteiger charge is -2.23. The highest BCUT2D eigenvalue weighted by Gasteiger charge is 2.10. The van der Waals surface area contributed by atoms with E-state index in [2.05, 4.69) is 17.1 Å². The second kappa shape index (κ2) is 8.59. The predicted molar refractivity (Wildman–Crippen MR) is 82.6 cm³/mol. The van der Waals surface area contributed by atoms with E-state index >= 15 is 0 Å². The number of hydrogen-bond donors (Lipinski definition) is 2. The summed E-state index contributed by atoms with van der Waals surface area (Å²) in [6.07, 6.45) is 1.15. The monoisotopic (exact) mass is 297 g/mol. The van der Waals surface area contributed by atoms with Crippen LogP contribution in [0.5, 0.6) is 0 Å². The SMILES string of the molecule is COCC(C)N(C)CCCC(=O)Nc1ccc(F)c(N)c1. The number of nitrogen functional groups attached to an aromatic ring is 1. The number of nitrogens with zero attached hydrogens (tertiary/aromatic N) is 1. The third-order valence-corrected chi connectivity index (χ3v) is 3.35. The van der Waals surface area contributed by atoms with Crippen LogP contribution in [0, 0.1) is 5.82 Å². The van der Waals surface area contributed by atoms with E-state index < -0.39 is 5.82 Å². The van der Waals surface area contributed by atoms with Gasteiger partial charge in [-0.1, -0.05) is 0 Å². The molecule has 21 heavy (non-hydrogen) atoms. The van der Waals surface area contributed by atoms with Gasteiger partial charge in [0.15, 0.2) is 0 Å². The van der Waals surface area contributed by atoms with E-state index in [1.54, 1.807) is 7.11 Å². The van der Waals surface area contributed by atoms with E-state index in [9.17, 15) is 9.18 Å². The summed E-state index contributed by atoms with van der Waals surface area (Å²) in [6.45, 7) is 3.55. The largest absolute Gasteiger partial charge is 0.396 e. The van der Waals surface area contributed by atoms with Crippen LogP contribution in [0.15, 0.2) is 18.2 Å². The lowest BCUT2D eigenvalue weighted by Crippen LogP contribution is -2.33. The molecule has 0 aliphatic carbocycles. The highest BCUT2D eigenvalue weighted by atomic mass is 19.1. The van der Waals surface area contributed by atoms with Gasteiger partial charge in [-0.15, -0.1) is 0 Å². The zero-order chi connectivity index (χ0) is 15.8. The van der Waals surface area contributed by atoms with Gasteiger partial charge in [0.25, 0.3) is 0 Å². The number of anilines is 2. The molecule has 1 rings (SSSR count). The number of amides is 1. The minimum Gasteiger partial charge on any atom is -0.396 e. The van der Waals surface area contributed by atoms with Gasteiger partial charge in [0, 0.05) is 25.3 Å². The second-order valence-electron chi connectivity index (χ2n) is 5.17. The fourth-order valence-corrected chi connectivity index (χ4v) is 1.92. The molecule has 0 aromatic heterocycles. The molecule has 0 saturated carbocycles.